The molecule has 28 heavy (non-hydrogen) atoms. The van der Waals surface area contributed by atoms with E-state index in [9.17, 15) is 9.50 Å². The number of hydrogen-bond donors (Lipinski definition) is 2. The summed E-state index contributed by atoms with van der Waals surface area (Å²) in [6, 6.07) is 12.8. The number of fused-ring (bicyclic) bond motifs is 4. The van der Waals surface area contributed by atoms with Gasteiger partial charge < -0.3 is 10.1 Å². The first-order valence-corrected chi connectivity index (χ1v) is 10.0. The van der Waals surface area contributed by atoms with Crippen LogP contribution in [0.1, 0.15) is 23.2 Å². The zero-order valence-electron chi connectivity index (χ0n) is 15.9. The highest BCUT2D eigenvalue weighted by Gasteiger charge is 2.47. The summed E-state index contributed by atoms with van der Waals surface area (Å²) in [6.07, 6.45) is 4.88. The van der Waals surface area contributed by atoms with Crippen molar-refractivity contribution in [2.24, 2.45) is 5.92 Å². The highest BCUT2D eigenvalue weighted by molar-refractivity contribution is 5.85. The molecule has 1 aromatic heterocycles. The Morgan fingerprint density at radius 2 is 2.18 bits per heavy atom. The third-order valence-electron chi connectivity index (χ3n) is 6.84. The van der Waals surface area contributed by atoms with E-state index in [2.05, 4.69) is 22.5 Å². The van der Waals surface area contributed by atoms with Gasteiger partial charge in [0.05, 0.1) is 0 Å². The fraction of sp³-hybridized carbons (Fsp3) is 0.333. The molecule has 0 saturated carbocycles. The smallest absolute Gasteiger partial charge is 0.125 e. The van der Waals surface area contributed by atoms with Gasteiger partial charge in [0.1, 0.15) is 11.6 Å². The number of aromatic nitrogens is 1. The Kier molecular flexibility index (Phi) is 4.06. The third kappa shape index (κ3) is 2.67. The van der Waals surface area contributed by atoms with Crippen LogP contribution in [0, 0.1) is 11.7 Å². The molecule has 2 aliphatic rings. The van der Waals surface area contributed by atoms with Crippen molar-refractivity contribution in [3.05, 3.63) is 77.8 Å². The van der Waals surface area contributed by atoms with Crippen LogP contribution in [0.25, 0.3) is 10.9 Å². The molecule has 2 N–H and O–H groups in total. The fourth-order valence-corrected chi connectivity index (χ4v) is 5.51. The molecule has 1 aliphatic heterocycles. The number of rotatable bonds is 3. The molecule has 1 fully saturated rings. The van der Waals surface area contributed by atoms with E-state index in [0.29, 0.717) is 11.7 Å². The van der Waals surface area contributed by atoms with Crippen LogP contribution in [-0.2, 0) is 18.3 Å². The van der Waals surface area contributed by atoms with Crippen LogP contribution in [0.5, 0.6) is 5.75 Å². The standard InChI is InChI=1S/C24H25FN2O/c1-2-9-27-10-8-24(16-4-3-5-19(28)11-16)14-23-21(12-17(24)15-27)20-7-6-18(25)13-22(20)26-23/h2-7,11,13,17,26,28H,1,8-10,12,14-15H2/t17?,24-/m1/s1. The molecule has 2 aromatic carbocycles. The molecule has 1 unspecified atom stereocenters. The summed E-state index contributed by atoms with van der Waals surface area (Å²) in [5, 5.41) is 11.3. The van der Waals surface area contributed by atoms with Crippen molar-refractivity contribution in [3.8, 4) is 5.75 Å². The fourth-order valence-electron chi connectivity index (χ4n) is 5.51. The SMILES string of the molecule is C=CCN1CC[C@]2(c3cccc(O)c3)Cc3[nH]c4cc(F)ccc4c3CC2C1. The van der Waals surface area contributed by atoms with Gasteiger partial charge in [-0.25, -0.2) is 4.39 Å². The molecule has 1 aliphatic carbocycles. The second kappa shape index (κ2) is 6.49. The number of likely N-dealkylation sites (tertiary alicyclic amines) is 1. The zero-order chi connectivity index (χ0) is 19.3. The Hall–Kier alpha value is -2.59. The van der Waals surface area contributed by atoms with Crippen molar-refractivity contribution in [3.63, 3.8) is 0 Å². The summed E-state index contributed by atoms with van der Waals surface area (Å²) in [4.78, 5) is 5.97. The third-order valence-corrected chi connectivity index (χ3v) is 6.84. The van der Waals surface area contributed by atoms with E-state index in [0.717, 1.165) is 49.8 Å². The van der Waals surface area contributed by atoms with Gasteiger partial charge in [-0.05, 0) is 73.2 Å². The van der Waals surface area contributed by atoms with Crippen LogP contribution in [-0.4, -0.2) is 34.6 Å². The minimum atomic E-state index is -0.205. The first-order valence-electron chi connectivity index (χ1n) is 10.0. The van der Waals surface area contributed by atoms with Crippen LogP contribution in [0.3, 0.4) is 0 Å². The molecule has 0 amide bonds. The van der Waals surface area contributed by atoms with Gasteiger partial charge in [0.15, 0.2) is 0 Å². The molecule has 3 aromatic rings. The molecule has 2 atom stereocenters. The van der Waals surface area contributed by atoms with Gasteiger partial charge in [-0.1, -0.05) is 18.2 Å². The second-order valence-corrected chi connectivity index (χ2v) is 8.35. The summed E-state index contributed by atoms with van der Waals surface area (Å²) in [6.45, 7) is 6.83. The summed E-state index contributed by atoms with van der Waals surface area (Å²) in [7, 11) is 0. The number of H-pyrrole nitrogens is 1. The van der Waals surface area contributed by atoms with E-state index in [1.807, 2.05) is 24.3 Å². The van der Waals surface area contributed by atoms with Gasteiger partial charge in [-0.15, -0.1) is 6.58 Å². The molecule has 2 heterocycles. The highest BCUT2D eigenvalue weighted by Crippen LogP contribution is 2.49. The molecule has 0 radical (unpaired) electrons. The van der Waals surface area contributed by atoms with Gasteiger partial charge in [0.25, 0.3) is 0 Å². The number of benzene rings is 2. The maximum absolute atomic E-state index is 13.8. The largest absolute Gasteiger partial charge is 0.508 e. The number of aromatic hydroxyl groups is 1. The predicted octanol–water partition coefficient (Wildman–Crippen LogP) is 4.56. The Bertz CT molecular complexity index is 1060. The van der Waals surface area contributed by atoms with E-state index in [1.54, 1.807) is 18.2 Å². The topological polar surface area (TPSA) is 39.3 Å². The van der Waals surface area contributed by atoms with Crippen LogP contribution < -0.4 is 0 Å². The summed E-state index contributed by atoms with van der Waals surface area (Å²) in [5.41, 5.74) is 4.64. The van der Waals surface area contributed by atoms with Crippen LogP contribution >= 0.6 is 0 Å². The molecule has 1 saturated heterocycles. The Labute approximate surface area is 164 Å². The molecule has 3 nitrogen and oxygen atoms in total. The van der Waals surface area contributed by atoms with Crippen molar-refractivity contribution in [1.29, 1.82) is 0 Å². The predicted molar refractivity (Wildman–Crippen MR) is 110 cm³/mol. The van der Waals surface area contributed by atoms with Gasteiger partial charge in [0, 0.05) is 35.1 Å². The van der Waals surface area contributed by atoms with Crippen molar-refractivity contribution in [1.82, 2.24) is 9.88 Å². The molecule has 0 bridgehead atoms. The lowest BCUT2D eigenvalue weighted by Crippen LogP contribution is -2.53. The number of halogens is 1. The van der Waals surface area contributed by atoms with Crippen molar-refractivity contribution < 1.29 is 9.50 Å². The number of piperidine rings is 1. The second-order valence-electron chi connectivity index (χ2n) is 8.35. The molecule has 0 spiro atoms. The summed E-state index contributed by atoms with van der Waals surface area (Å²) < 4.78 is 13.8. The van der Waals surface area contributed by atoms with Crippen molar-refractivity contribution in [2.75, 3.05) is 19.6 Å². The normalized spacial score (nSPS) is 24.7. The van der Waals surface area contributed by atoms with Gasteiger partial charge in [-0.2, -0.15) is 0 Å². The lowest BCUT2D eigenvalue weighted by molar-refractivity contribution is 0.0896. The van der Waals surface area contributed by atoms with Gasteiger partial charge in [0.2, 0.25) is 0 Å². The highest BCUT2D eigenvalue weighted by atomic mass is 19.1. The van der Waals surface area contributed by atoms with Gasteiger partial charge >= 0.3 is 0 Å². The number of phenolic OH excluding ortho intramolecular Hbond substituents is 1. The Morgan fingerprint density at radius 1 is 1.29 bits per heavy atom. The Morgan fingerprint density at radius 3 is 3.00 bits per heavy atom. The minimum absolute atomic E-state index is 0.0111. The van der Waals surface area contributed by atoms with E-state index in [1.165, 1.54) is 16.8 Å². The van der Waals surface area contributed by atoms with E-state index in [-0.39, 0.29) is 11.2 Å². The number of aromatic amines is 1. The molecular weight excluding hydrogens is 351 g/mol. The Balaban J connectivity index is 1.64. The van der Waals surface area contributed by atoms with Crippen molar-refractivity contribution >= 4 is 10.9 Å². The first kappa shape index (κ1) is 17.5. The number of hydrogen-bond acceptors (Lipinski definition) is 2. The van der Waals surface area contributed by atoms with E-state index < -0.39 is 0 Å². The number of nitrogens with one attached hydrogen (secondary N) is 1. The van der Waals surface area contributed by atoms with Crippen LogP contribution in [0.15, 0.2) is 55.1 Å². The molecule has 144 valence electrons. The zero-order valence-corrected chi connectivity index (χ0v) is 15.9. The first-order chi connectivity index (χ1) is 13.6. The number of phenols is 1. The maximum atomic E-state index is 13.8. The maximum Gasteiger partial charge on any atom is 0.125 e. The average Bonchev–Trinajstić information content (AvgIpc) is 3.02. The lowest BCUT2D eigenvalue weighted by atomic mass is 9.58. The molecule has 4 heteroatoms. The number of nitrogens with zero attached hydrogens (tertiary/aromatic N) is 1. The lowest BCUT2D eigenvalue weighted by Gasteiger charge is -2.51. The average molecular weight is 376 g/mol. The van der Waals surface area contributed by atoms with Gasteiger partial charge in [-0.3, -0.25) is 4.90 Å². The minimum Gasteiger partial charge on any atom is -0.508 e. The quantitative estimate of drug-likeness (QED) is 0.658. The summed E-state index contributed by atoms with van der Waals surface area (Å²) >= 11 is 0. The van der Waals surface area contributed by atoms with E-state index in [4.69, 9.17) is 0 Å². The summed E-state index contributed by atoms with van der Waals surface area (Å²) in [5.74, 6) is 0.562. The van der Waals surface area contributed by atoms with Crippen LogP contribution in [0.2, 0.25) is 0 Å². The monoisotopic (exact) mass is 376 g/mol. The van der Waals surface area contributed by atoms with E-state index >= 15 is 0 Å². The molecule has 5 rings (SSSR count). The van der Waals surface area contributed by atoms with Crippen molar-refractivity contribution in [2.45, 2.75) is 24.7 Å². The molecular formula is C24H25FN2O. The van der Waals surface area contributed by atoms with Crippen LogP contribution in [0.4, 0.5) is 4.39 Å².